The van der Waals surface area contributed by atoms with E-state index in [1.807, 2.05) is 26.0 Å². The third-order valence-corrected chi connectivity index (χ3v) is 5.73. The summed E-state index contributed by atoms with van der Waals surface area (Å²) < 4.78 is 29.9. The van der Waals surface area contributed by atoms with Crippen LogP contribution in [-0.2, 0) is 16.3 Å². The van der Waals surface area contributed by atoms with Gasteiger partial charge in [-0.25, -0.2) is 8.42 Å². The molecule has 0 atom stereocenters. The fourth-order valence-corrected chi connectivity index (χ4v) is 3.86. The van der Waals surface area contributed by atoms with Crippen molar-refractivity contribution in [1.82, 2.24) is 10.2 Å². The molecule has 0 fully saturated rings. The van der Waals surface area contributed by atoms with E-state index in [-0.39, 0.29) is 34.9 Å². The Balaban J connectivity index is 1.64. The highest BCUT2D eigenvalue weighted by atomic mass is 32.2. The van der Waals surface area contributed by atoms with Crippen LogP contribution in [0, 0.1) is 13.8 Å². The summed E-state index contributed by atoms with van der Waals surface area (Å²) >= 11 is 0. The van der Waals surface area contributed by atoms with Crippen molar-refractivity contribution < 1.29 is 17.6 Å². The van der Waals surface area contributed by atoms with Crippen LogP contribution >= 0.6 is 0 Å². The van der Waals surface area contributed by atoms with E-state index < -0.39 is 9.84 Å². The summed E-state index contributed by atoms with van der Waals surface area (Å²) in [7, 11) is -3.44. The number of sulfone groups is 1. The second-order valence-corrected chi connectivity index (χ2v) is 8.26. The van der Waals surface area contributed by atoms with E-state index in [4.69, 9.17) is 4.42 Å². The Bertz CT molecular complexity index is 1060. The quantitative estimate of drug-likeness (QED) is 0.700. The van der Waals surface area contributed by atoms with Gasteiger partial charge in [0.2, 0.25) is 5.89 Å². The van der Waals surface area contributed by atoms with Crippen LogP contribution in [0.25, 0.3) is 0 Å². The molecule has 7 nitrogen and oxygen atoms in total. The molecule has 1 amide bonds. The number of rotatable bonds is 6. The van der Waals surface area contributed by atoms with Gasteiger partial charge in [-0.05, 0) is 37.6 Å². The highest BCUT2D eigenvalue weighted by Crippen LogP contribution is 2.15. The summed E-state index contributed by atoms with van der Waals surface area (Å²) in [5.41, 5.74) is 2.40. The van der Waals surface area contributed by atoms with Crippen molar-refractivity contribution in [2.45, 2.75) is 25.2 Å². The first-order chi connectivity index (χ1) is 12.8. The van der Waals surface area contributed by atoms with Gasteiger partial charge in [-0.2, -0.15) is 0 Å². The van der Waals surface area contributed by atoms with E-state index >= 15 is 0 Å². The number of aryl methyl sites for hydroxylation is 3. The van der Waals surface area contributed by atoms with Gasteiger partial charge >= 0.3 is 6.01 Å². The van der Waals surface area contributed by atoms with Crippen LogP contribution < -0.4 is 5.32 Å². The summed E-state index contributed by atoms with van der Waals surface area (Å²) in [5, 5.41) is 10.1. The molecule has 0 saturated heterocycles. The van der Waals surface area contributed by atoms with Crippen LogP contribution in [0.3, 0.4) is 0 Å². The van der Waals surface area contributed by atoms with Crippen molar-refractivity contribution in [2.24, 2.45) is 0 Å². The number of aromatic nitrogens is 2. The highest BCUT2D eigenvalue weighted by molar-refractivity contribution is 7.91. The minimum Gasteiger partial charge on any atom is -0.408 e. The van der Waals surface area contributed by atoms with Gasteiger partial charge in [0, 0.05) is 12.0 Å². The summed E-state index contributed by atoms with van der Waals surface area (Å²) in [5.74, 6) is -0.381. The predicted octanol–water partition coefficient (Wildman–Crippen LogP) is 2.96. The largest absolute Gasteiger partial charge is 0.408 e. The molecule has 27 heavy (non-hydrogen) atoms. The van der Waals surface area contributed by atoms with E-state index in [1.165, 1.54) is 0 Å². The predicted molar refractivity (Wildman–Crippen MR) is 100 cm³/mol. The van der Waals surface area contributed by atoms with Gasteiger partial charge in [0.15, 0.2) is 9.84 Å². The third-order valence-electron chi connectivity index (χ3n) is 4.00. The van der Waals surface area contributed by atoms with Crippen LogP contribution in [0.2, 0.25) is 0 Å². The number of hydrogen-bond donors (Lipinski definition) is 1. The topological polar surface area (TPSA) is 102 Å². The zero-order valence-electron chi connectivity index (χ0n) is 15.0. The average molecular weight is 385 g/mol. The Morgan fingerprint density at radius 3 is 2.52 bits per heavy atom. The minimum atomic E-state index is -3.44. The van der Waals surface area contributed by atoms with Crippen molar-refractivity contribution >= 4 is 21.8 Å². The van der Waals surface area contributed by atoms with Crippen molar-refractivity contribution in [3.63, 3.8) is 0 Å². The van der Waals surface area contributed by atoms with Crippen molar-refractivity contribution in [3.8, 4) is 0 Å². The van der Waals surface area contributed by atoms with Gasteiger partial charge in [0.1, 0.15) is 0 Å². The third kappa shape index (κ3) is 4.59. The summed E-state index contributed by atoms with van der Waals surface area (Å²) in [6, 6.07) is 13.6. The van der Waals surface area contributed by atoms with Crippen molar-refractivity contribution in [1.29, 1.82) is 0 Å². The average Bonchev–Trinajstić information content (AvgIpc) is 3.08. The zero-order chi connectivity index (χ0) is 19.4. The Morgan fingerprint density at radius 2 is 1.81 bits per heavy atom. The molecule has 0 spiro atoms. The van der Waals surface area contributed by atoms with E-state index in [0.717, 1.165) is 11.1 Å². The Morgan fingerprint density at radius 1 is 1.07 bits per heavy atom. The molecule has 1 heterocycles. The van der Waals surface area contributed by atoms with E-state index in [2.05, 4.69) is 15.5 Å². The molecule has 8 heteroatoms. The normalized spacial score (nSPS) is 11.3. The van der Waals surface area contributed by atoms with Crippen LogP contribution in [-0.4, -0.2) is 30.3 Å². The molecular formula is C19H19N3O4S. The van der Waals surface area contributed by atoms with Gasteiger partial charge < -0.3 is 4.42 Å². The SMILES string of the molecule is Cc1ccc(C(=O)Nc2nnc(CCS(=O)(=O)c3ccccc3)o2)c(C)c1. The number of nitrogens with zero attached hydrogens (tertiary/aromatic N) is 2. The Hall–Kier alpha value is -3.00. The van der Waals surface area contributed by atoms with Crippen molar-refractivity contribution in [3.05, 3.63) is 71.1 Å². The summed E-state index contributed by atoms with van der Waals surface area (Å²) in [6.07, 6.45) is 0.0592. The maximum atomic E-state index is 12.3. The summed E-state index contributed by atoms with van der Waals surface area (Å²) in [4.78, 5) is 12.6. The number of hydrogen-bond acceptors (Lipinski definition) is 6. The van der Waals surface area contributed by atoms with E-state index in [1.54, 1.807) is 36.4 Å². The number of benzene rings is 2. The molecule has 140 valence electrons. The molecule has 0 aliphatic carbocycles. The lowest BCUT2D eigenvalue weighted by atomic mass is 10.1. The van der Waals surface area contributed by atoms with E-state index in [9.17, 15) is 13.2 Å². The molecule has 2 aromatic carbocycles. The molecule has 0 aliphatic heterocycles. The molecule has 0 radical (unpaired) electrons. The first-order valence-electron chi connectivity index (χ1n) is 8.34. The van der Waals surface area contributed by atoms with Gasteiger partial charge in [0.25, 0.3) is 5.91 Å². The smallest absolute Gasteiger partial charge is 0.322 e. The number of carbonyl (C=O) groups is 1. The fourth-order valence-electron chi connectivity index (χ4n) is 2.61. The van der Waals surface area contributed by atoms with Crippen LogP contribution in [0.15, 0.2) is 57.8 Å². The minimum absolute atomic E-state index is 0.0592. The lowest BCUT2D eigenvalue weighted by Crippen LogP contribution is -2.13. The maximum Gasteiger partial charge on any atom is 0.322 e. The highest BCUT2D eigenvalue weighted by Gasteiger charge is 2.18. The van der Waals surface area contributed by atoms with Crippen molar-refractivity contribution in [2.75, 3.05) is 11.1 Å². The fraction of sp³-hybridized carbons (Fsp3) is 0.211. The number of anilines is 1. The second kappa shape index (κ2) is 7.71. The molecule has 1 N–H and O–H groups in total. The first kappa shape index (κ1) is 18.8. The molecule has 0 unspecified atom stereocenters. The van der Waals surface area contributed by atoms with E-state index in [0.29, 0.717) is 5.56 Å². The van der Waals surface area contributed by atoms with Crippen LogP contribution in [0.1, 0.15) is 27.4 Å². The number of carbonyl (C=O) groups excluding carboxylic acids is 1. The summed E-state index contributed by atoms with van der Waals surface area (Å²) in [6.45, 7) is 3.79. The molecule has 3 aromatic rings. The Kier molecular flexibility index (Phi) is 5.36. The molecule has 0 saturated carbocycles. The second-order valence-electron chi connectivity index (χ2n) is 6.16. The lowest BCUT2D eigenvalue weighted by molar-refractivity contribution is 0.102. The molecule has 0 bridgehead atoms. The molecule has 1 aromatic heterocycles. The monoisotopic (exact) mass is 385 g/mol. The number of nitrogens with one attached hydrogen (secondary N) is 1. The first-order valence-corrected chi connectivity index (χ1v) is 9.99. The van der Waals surface area contributed by atoms with Gasteiger partial charge in [-0.1, -0.05) is 41.0 Å². The molecule has 0 aliphatic rings. The van der Waals surface area contributed by atoms with Gasteiger partial charge in [-0.3, -0.25) is 10.1 Å². The zero-order valence-corrected chi connectivity index (χ0v) is 15.8. The lowest BCUT2D eigenvalue weighted by Gasteiger charge is -2.05. The standard InChI is InChI=1S/C19H19N3O4S/c1-13-8-9-16(14(2)12-13)18(23)20-19-22-21-17(26-19)10-11-27(24,25)15-6-4-3-5-7-15/h3-9,12H,10-11H2,1-2H3,(H,20,22,23). The van der Waals surface area contributed by atoms with Crippen LogP contribution in [0.4, 0.5) is 6.01 Å². The van der Waals surface area contributed by atoms with Gasteiger partial charge in [-0.15, -0.1) is 5.10 Å². The van der Waals surface area contributed by atoms with Gasteiger partial charge in [0.05, 0.1) is 10.6 Å². The molecular weight excluding hydrogens is 366 g/mol. The maximum absolute atomic E-state index is 12.3. The molecule has 3 rings (SSSR count). The Labute approximate surface area is 157 Å². The van der Waals surface area contributed by atoms with Crippen LogP contribution in [0.5, 0.6) is 0 Å². The number of amides is 1.